The Kier molecular flexibility index (Phi) is 5.61. The van der Waals surface area contributed by atoms with Crippen molar-refractivity contribution in [3.05, 3.63) is 54.1 Å². The van der Waals surface area contributed by atoms with Crippen LogP contribution in [0.3, 0.4) is 0 Å². The molecule has 0 N–H and O–H groups in total. The molecular formula is C22H26N2O4S. The van der Waals surface area contributed by atoms with Gasteiger partial charge < -0.3 is 9.64 Å². The van der Waals surface area contributed by atoms with Crippen molar-refractivity contribution in [1.82, 2.24) is 4.31 Å². The van der Waals surface area contributed by atoms with E-state index in [0.717, 1.165) is 36.3 Å². The molecule has 0 aliphatic carbocycles. The van der Waals surface area contributed by atoms with Gasteiger partial charge in [0.25, 0.3) is 0 Å². The lowest BCUT2D eigenvalue weighted by Crippen LogP contribution is -2.30. The Bertz CT molecular complexity index is 971. The predicted molar refractivity (Wildman–Crippen MR) is 112 cm³/mol. The summed E-state index contributed by atoms with van der Waals surface area (Å²) in [5, 5.41) is 0. The number of nitrogens with zero attached hydrogens (tertiary/aromatic N) is 2. The zero-order valence-electron chi connectivity index (χ0n) is 16.6. The number of carbonyl (C=O) groups is 1. The molecule has 2 fully saturated rings. The van der Waals surface area contributed by atoms with E-state index in [0.29, 0.717) is 26.1 Å². The minimum absolute atomic E-state index is 0.0933. The number of ether oxygens (including phenoxy) is 1. The van der Waals surface area contributed by atoms with Crippen LogP contribution < -0.4 is 9.64 Å². The third-order valence-electron chi connectivity index (χ3n) is 5.61. The number of rotatable bonds is 6. The van der Waals surface area contributed by atoms with Crippen LogP contribution in [-0.2, 0) is 14.8 Å². The van der Waals surface area contributed by atoms with E-state index < -0.39 is 10.0 Å². The lowest BCUT2D eigenvalue weighted by molar-refractivity contribution is -0.117. The standard InChI is InChI=1S/C22H26N2O4S/c1-2-28-19-11-7-17(8-12-19)21-5-3-16-24(21)29(26,27)20-13-9-18(10-14-20)23-15-4-6-22(23)25/h7-14,21H,2-6,15-16H2,1H3/t21-/m1/s1. The highest BCUT2D eigenvalue weighted by atomic mass is 32.2. The van der Waals surface area contributed by atoms with Crippen LogP contribution in [0, 0.1) is 0 Å². The number of benzene rings is 2. The fourth-order valence-corrected chi connectivity index (χ4v) is 5.85. The summed E-state index contributed by atoms with van der Waals surface area (Å²) in [6.07, 6.45) is 3.03. The van der Waals surface area contributed by atoms with Crippen molar-refractivity contribution in [1.29, 1.82) is 0 Å². The van der Waals surface area contributed by atoms with Gasteiger partial charge in [-0.2, -0.15) is 4.31 Å². The maximum atomic E-state index is 13.3. The van der Waals surface area contributed by atoms with E-state index in [2.05, 4.69) is 0 Å². The lowest BCUT2D eigenvalue weighted by Gasteiger charge is -2.25. The van der Waals surface area contributed by atoms with Crippen LogP contribution in [0.1, 0.15) is 44.2 Å². The number of anilines is 1. The normalized spacial score (nSPS) is 20.4. The number of hydrogen-bond donors (Lipinski definition) is 0. The van der Waals surface area contributed by atoms with Gasteiger partial charge in [0.2, 0.25) is 15.9 Å². The first-order valence-corrected chi connectivity index (χ1v) is 11.6. The summed E-state index contributed by atoms with van der Waals surface area (Å²) in [6, 6.07) is 14.2. The Labute approximate surface area is 172 Å². The van der Waals surface area contributed by atoms with Crippen LogP contribution in [0.2, 0.25) is 0 Å². The van der Waals surface area contributed by atoms with Gasteiger partial charge >= 0.3 is 0 Å². The molecule has 1 amide bonds. The summed E-state index contributed by atoms with van der Waals surface area (Å²) in [5.74, 6) is 0.881. The van der Waals surface area contributed by atoms with Gasteiger partial charge in [0.05, 0.1) is 17.5 Å². The third-order valence-corrected chi connectivity index (χ3v) is 7.53. The van der Waals surface area contributed by atoms with Crippen molar-refractivity contribution in [2.75, 3.05) is 24.6 Å². The Morgan fingerprint density at radius 1 is 1.00 bits per heavy atom. The molecule has 0 spiro atoms. The van der Waals surface area contributed by atoms with Crippen LogP contribution in [0.25, 0.3) is 0 Å². The summed E-state index contributed by atoms with van der Waals surface area (Å²) in [6.45, 7) is 3.73. The highest BCUT2D eigenvalue weighted by molar-refractivity contribution is 7.89. The van der Waals surface area contributed by atoms with Crippen LogP contribution in [0.5, 0.6) is 5.75 Å². The Hall–Kier alpha value is -2.38. The van der Waals surface area contributed by atoms with Gasteiger partial charge in [0.1, 0.15) is 5.75 Å². The molecule has 0 aromatic heterocycles. The third kappa shape index (κ3) is 3.89. The van der Waals surface area contributed by atoms with E-state index in [1.807, 2.05) is 31.2 Å². The molecule has 2 saturated heterocycles. The predicted octanol–water partition coefficient (Wildman–Crippen LogP) is 3.74. The van der Waals surface area contributed by atoms with Crippen molar-refractivity contribution in [2.45, 2.75) is 43.5 Å². The van der Waals surface area contributed by atoms with Gasteiger partial charge in [-0.25, -0.2) is 8.42 Å². The van der Waals surface area contributed by atoms with E-state index >= 15 is 0 Å². The van der Waals surface area contributed by atoms with Crippen LogP contribution in [-0.4, -0.2) is 38.3 Å². The molecule has 0 saturated carbocycles. The monoisotopic (exact) mass is 414 g/mol. The summed E-state index contributed by atoms with van der Waals surface area (Å²) in [4.78, 5) is 13.9. The van der Waals surface area contributed by atoms with Crippen LogP contribution in [0.15, 0.2) is 53.4 Å². The van der Waals surface area contributed by atoms with E-state index in [1.54, 1.807) is 33.5 Å². The van der Waals surface area contributed by atoms with Crippen molar-refractivity contribution in [2.24, 2.45) is 0 Å². The average molecular weight is 415 g/mol. The van der Waals surface area contributed by atoms with Crippen molar-refractivity contribution in [3.63, 3.8) is 0 Å². The van der Waals surface area contributed by atoms with E-state index in [1.165, 1.54) is 0 Å². The van der Waals surface area contributed by atoms with E-state index in [4.69, 9.17) is 4.74 Å². The first kappa shape index (κ1) is 19.9. The molecule has 2 aromatic rings. The first-order chi connectivity index (χ1) is 14.0. The van der Waals surface area contributed by atoms with Crippen molar-refractivity contribution >= 4 is 21.6 Å². The minimum Gasteiger partial charge on any atom is -0.494 e. The summed E-state index contributed by atoms with van der Waals surface area (Å²) < 4.78 is 33.7. The van der Waals surface area contributed by atoms with Gasteiger partial charge in [-0.15, -0.1) is 0 Å². The molecule has 6 nitrogen and oxygen atoms in total. The van der Waals surface area contributed by atoms with Gasteiger partial charge in [-0.3, -0.25) is 4.79 Å². The smallest absolute Gasteiger partial charge is 0.243 e. The maximum absolute atomic E-state index is 13.3. The van der Waals surface area contributed by atoms with Crippen LogP contribution in [0.4, 0.5) is 5.69 Å². The number of sulfonamides is 1. The number of hydrogen-bond acceptors (Lipinski definition) is 4. The van der Waals surface area contributed by atoms with Crippen molar-refractivity contribution < 1.29 is 17.9 Å². The molecule has 7 heteroatoms. The highest BCUT2D eigenvalue weighted by Gasteiger charge is 2.36. The molecule has 0 unspecified atom stereocenters. The molecule has 2 aromatic carbocycles. The lowest BCUT2D eigenvalue weighted by atomic mass is 10.1. The van der Waals surface area contributed by atoms with E-state index in [-0.39, 0.29) is 16.8 Å². The van der Waals surface area contributed by atoms with Crippen LogP contribution >= 0.6 is 0 Å². The molecule has 154 valence electrons. The maximum Gasteiger partial charge on any atom is 0.243 e. The minimum atomic E-state index is -3.61. The molecule has 2 aliphatic rings. The molecule has 0 radical (unpaired) electrons. The molecule has 4 rings (SSSR count). The molecule has 2 aliphatic heterocycles. The number of amides is 1. The second-order valence-electron chi connectivity index (χ2n) is 7.42. The van der Waals surface area contributed by atoms with E-state index in [9.17, 15) is 13.2 Å². The fraction of sp³-hybridized carbons (Fsp3) is 0.409. The summed E-state index contributed by atoms with van der Waals surface area (Å²) in [7, 11) is -3.61. The summed E-state index contributed by atoms with van der Waals surface area (Å²) in [5.41, 5.74) is 1.74. The fourth-order valence-electron chi connectivity index (χ4n) is 4.17. The molecule has 0 bridgehead atoms. The largest absolute Gasteiger partial charge is 0.494 e. The van der Waals surface area contributed by atoms with Gasteiger partial charge in [0.15, 0.2) is 0 Å². The van der Waals surface area contributed by atoms with Crippen molar-refractivity contribution in [3.8, 4) is 5.75 Å². The zero-order valence-corrected chi connectivity index (χ0v) is 17.4. The quantitative estimate of drug-likeness (QED) is 0.722. The highest BCUT2D eigenvalue weighted by Crippen LogP contribution is 2.37. The number of carbonyl (C=O) groups excluding carboxylic acids is 1. The second-order valence-corrected chi connectivity index (χ2v) is 9.31. The second kappa shape index (κ2) is 8.16. The Morgan fingerprint density at radius 2 is 1.72 bits per heavy atom. The molecule has 1 atom stereocenters. The van der Waals surface area contributed by atoms with Gasteiger partial charge in [-0.1, -0.05) is 12.1 Å². The Balaban J connectivity index is 1.56. The Morgan fingerprint density at radius 3 is 2.34 bits per heavy atom. The SMILES string of the molecule is CCOc1ccc([C@H]2CCCN2S(=O)(=O)c2ccc(N3CCCC3=O)cc2)cc1. The van der Waals surface area contributed by atoms with Gasteiger partial charge in [-0.05, 0) is 68.1 Å². The topological polar surface area (TPSA) is 66.9 Å². The molecule has 2 heterocycles. The average Bonchev–Trinajstić information content (AvgIpc) is 3.38. The zero-order chi connectivity index (χ0) is 20.4. The van der Waals surface area contributed by atoms with Gasteiger partial charge in [0, 0.05) is 25.2 Å². The first-order valence-electron chi connectivity index (χ1n) is 10.2. The molecular weight excluding hydrogens is 388 g/mol. The summed E-state index contributed by atoms with van der Waals surface area (Å²) >= 11 is 0. The molecule has 29 heavy (non-hydrogen) atoms.